The number of nitrogens with two attached hydrogens (primary N) is 2. The molecule has 0 aliphatic rings. The van der Waals surface area contributed by atoms with Crippen LogP contribution in [0.25, 0.3) is 0 Å². The quantitative estimate of drug-likeness (QED) is 0.279. The third-order valence-electron chi connectivity index (χ3n) is 2.13. The maximum absolute atomic E-state index is 11.2. The van der Waals surface area contributed by atoms with E-state index >= 15 is 0 Å². The molecule has 2 amide bonds. The number of carbonyl (C=O) groups is 2. The van der Waals surface area contributed by atoms with Crippen LogP contribution >= 0.6 is 0 Å². The van der Waals surface area contributed by atoms with E-state index in [0.29, 0.717) is 26.2 Å². The number of nitrogens with zero attached hydrogens (tertiary/aromatic N) is 1. The summed E-state index contributed by atoms with van der Waals surface area (Å²) in [5.41, 5.74) is 10.5. The second-order valence-electron chi connectivity index (χ2n) is 3.73. The molecule has 0 aromatic heterocycles. The van der Waals surface area contributed by atoms with Crippen molar-refractivity contribution >= 4 is 11.8 Å². The summed E-state index contributed by atoms with van der Waals surface area (Å²) in [5, 5.41) is 15.5. The van der Waals surface area contributed by atoms with Crippen molar-refractivity contribution in [2.75, 3.05) is 39.3 Å². The van der Waals surface area contributed by atoms with Gasteiger partial charge in [-0.25, -0.2) is 0 Å². The van der Waals surface area contributed by atoms with E-state index in [9.17, 15) is 14.8 Å². The Kier molecular flexibility index (Phi) is 10.2. The number of nitrogens with one attached hydrogen (secondary N) is 2. The van der Waals surface area contributed by atoms with Crippen LogP contribution in [-0.4, -0.2) is 61.4 Å². The smallest absolute Gasteiger partial charge is 0.221 e. The molecule has 8 heteroatoms. The maximum atomic E-state index is 11.2. The van der Waals surface area contributed by atoms with E-state index in [1.54, 1.807) is 0 Å². The fourth-order valence-electron chi connectivity index (χ4n) is 1.17. The van der Waals surface area contributed by atoms with Gasteiger partial charge in [-0.05, 0) is 0 Å². The van der Waals surface area contributed by atoms with Gasteiger partial charge in [0.1, 0.15) is 0 Å². The fourth-order valence-corrected chi connectivity index (χ4v) is 1.17. The van der Waals surface area contributed by atoms with Crippen LogP contribution < -0.4 is 22.1 Å². The lowest BCUT2D eigenvalue weighted by Gasteiger charge is -2.14. The van der Waals surface area contributed by atoms with Crippen LogP contribution in [0.15, 0.2) is 0 Å². The Balaban J connectivity index is 3.55. The summed E-state index contributed by atoms with van der Waals surface area (Å²) in [4.78, 5) is 22.4. The summed E-state index contributed by atoms with van der Waals surface area (Å²) in [6.07, 6.45) is 0.335. The summed E-state index contributed by atoms with van der Waals surface area (Å²) in [5.74, 6) is -0.348. The zero-order valence-corrected chi connectivity index (χ0v) is 10.5. The molecule has 0 aliphatic heterocycles. The van der Waals surface area contributed by atoms with E-state index in [4.69, 9.17) is 11.5 Å². The number of hydrogen-bond donors (Lipinski definition) is 5. The third-order valence-corrected chi connectivity index (χ3v) is 2.13. The molecule has 0 fully saturated rings. The van der Waals surface area contributed by atoms with Gasteiger partial charge in [0.2, 0.25) is 11.8 Å². The molecule has 0 saturated heterocycles. The second-order valence-corrected chi connectivity index (χ2v) is 3.73. The minimum atomic E-state index is -0.174. The van der Waals surface area contributed by atoms with Crippen LogP contribution in [0.5, 0.6) is 0 Å². The molecule has 8 nitrogen and oxygen atoms in total. The molecule has 0 aliphatic carbocycles. The van der Waals surface area contributed by atoms with Crippen molar-refractivity contribution in [2.45, 2.75) is 12.8 Å². The van der Waals surface area contributed by atoms with Crippen molar-refractivity contribution in [2.24, 2.45) is 11.5 Å². The van der Waals surface area contributed by atoms with Crippen molar-refractivity contribution in [3.63, 3.8) is 0 Å². The number of hydrogen-bond acceptors (Lipinski definition) is 6. The molecule has 0 heterocycles. The average molecular weight is 261 g/mol. The van der Waals surface area contributed by atoms with Gasteiger partial charge >= 0.3 is 0 Å². The lowest BCUT2D eigenvalue weighted by atomic mass is 10.3. The number of hydroxylamine groups is 2. The Morgan fingerprint density at radius 3 is 1.67 bits per heavy atom. The van der Waals surface area contributed by atoms with Gasteiger partial charge < -0.3 is 27.3 Å². The van der Waals surface area contributed by atoms with Gasteiger partial charge in [0.15, 0.2) is 0 Å². The van der Waals surface area contributed by atoms with Crippen molar-refractivity contribution in [3.05, 3.63) is 0 Å². The van der Waals surface area contributed by atoms with Gasteiger partial charge in [-0.2, -0.15) is 5.06 Å². The van der Waals surface area contributed by atoms with Crippen LogP contribution in [0, 0.1) is 0 Å². The normalized spacial score (nSPS) is 10.4. The van der Waals surface area contributed by atoms with E-state index in [1.807, 2.05) is 0 Å². The van der Waals surface area contributed by atoms with E-state index < -0.39 is 0 Å². The van der Waals surface area contributed by atoms with Crippen LogP contribution in [0.4, 0.5) is 0 Å². The largest absolute Gasteiger partial charge is 0.355 e. The van der Waals surface area contributed by atoms with E-state index in [1.165, 1.54) is 0 Å². The minimum absolute atomic E-state index is 0.168. The Hall–Kier alpha value is -1.22. The number of carbonyl (C=O) groups excluding carboxylic acids is 2. The Labute approximate surface area is 107 Å². The summed E-state index contributed by atoms with van der Waals surface area (Å²) >= 11 is 0. The highest BCUT2D eigenvalue weighted by atomic mass is 16.5. The molecule has 0 bridgehead atoms. The molecule has 0 aromatic rings. The lowest BCUT2D eigenvalue weighted by Crippen LogP contribution is -2.34. The first-order valence-corrected chi connectivity index (χ1v) is 5.97. The summed E-state index contributed by atoms with van der Waals surface area (Å²) < 4.78 is 0. The molecule has 0 atom stereocenters. The molecule has 18 heavy (non-hydrogen) atoms. The van der Waals surface area contributed by atoms with Gasteiger partial charge in [0.05, 0.1) is 0 Å². The van der Waals surface area contributed by atoms with Gasteiger partial charge in [0.25, 0.3) is 0 Å². The predicted molar refractivity (Wildman–Crippen MR) is 66.7 cm³/mol. The van der Waals surface area contributed by atoms with Crippen molar-refractivity contribution in [3.8, 4) is 0 Å². The van der Waals surface area contributed by atoms with Crippen molar-refractivity contribution in [1.82, 2.24) is 15.7 Å². The van der Waals surface area contributed by atoms with Crippen LogP contribution in [0.3, 0.4) is 0 Å². The third kappa shape index (κ3) is 9.97. The number of rotatable bonds is 10. The second kappa shape index (κ2) is 10.9. The summed E-state index contributed by atoms with van der Waals surface area (Å²) in [6.45, 7) is 1.98. The monoisotopic (exact) mass is 261 g/mol. The highest BCUT2D eigenvalue weighted by Crippen LogP contribution is 1.90. The summed E-state index contributed by atoms with van der Waals surface area (Å²) in [7, 11) is 0. The molecular weight excluding hydrogens is 238 g/mol. The Bertz CT molecular complexity index is 226. The zero-order chi connectivity index (χ0) is 13.8. The van der Waals surface area contributed by atoms with Crippen LogP contribution in [0.1, 0.15) is 12.8 Å². The van der Waals surface area contributed by atoms with E-state index in [-0.39, 0.29) is 37.7 Å². The molecule has 0 saturated carbocycles. The summed E-state index contributed by atoms with van der Waals surface area (Å²) in [6, 6.07) is 0. The highest BCUT2D eigenvalue weighted by molar-refractivity contribution is 5.76. The molecule has 106 valence electrons. The van der Waals surface area contributed by atoms with Gasteiger partial charge in [-0.15, -0.1) is 0 Å². The SMILES string of the molecule is NCCNC(=O)CCN(O)CCC(=O)NCCN. The first-order chi connectivity index (χ1) is 8.60. The first-order valence-electron chi connectivity index (χ1n) is 5.97. The average Bonchev–Trinajstić information content (AvgIpc) is 2.37. The van der Waals surface area contributed by atoms with Crippen molar-refractivity contribution in [1.29, 1.82) is 0 Å². The van der Waals surface area contributed by atoms with Crippen LogP contribution in [0.2, 0.25) is 0 Å². The highest BCUT2D eigenvalue weighted by Gasteiger charge is 2.07. The van der Waals surface area contributed by atoms with E-state index in [0.717, 1.165) is 5.06 Å². The molecular formula is C10H23N5O3. The van der Waals surface area contributed by atoms with Gasteiger partial charge in [0, 0.05) is 52.1 Å². The molecule has 0 rings (SSSR count). The van der Waals surface area contributed by atoms with Gasteiger partial charge in [-0.3, -0.25) is 9.59 Å². The van der Waals surface area contributed by atoms with Crippen LogP contribution in [-0.2, 0) is 9.59 Å². The molecule has 0 aromatic carbocycles. The predicted octanol–water partition coefficient (Wildman–Crippen LogP) is -2.39. The van der Waals surface area contributed by atoms with Gasteiger partial charge in [-0.1, -0.05) is 0 Å². The topological polar surface area (TPSA) is 134 Å². The molecule has 0 spiro atoms. The Morgan fingerprint density at radius 1 is 0.944 bits per heavy atom. The molecule has 7 N–H and O–H groups in total. The number of amides is 2. The standard InChI is InChI=1S/C10H23N5O3/c11-3-5-13-9(16)1-7-15(18)8-2-10(17)14-6-4-12/h18H,1-8,11-12H2,(H,13,16)(H,14,17). The first kappa shape index (κ1) is 16.8. The van der Waals surface area contributed by atoms with Crippen molar-refractivity contribution < 1.29 is 14.8 Å². The molecule has 0 unspecified atom stereocenters. The molecule has 0 radical (unpaired) electrons. The zero-order valence-electron chi connectivity index (χ0n) is 10.5. The lowest BCUT2D eigenvalue weighted by molar-refractivity contribution is -0.131. The minimum Gasteiger partial charge on any atom is -0.355 e. The fraction of sp³-hybridized carbons (Fsp3) is 0.800. The van der Waals surface area contributed by atoms with E-state index in [2.05, 4.69) is 10.6 Å². The Morgan fingerprint density at radius 2 is 1.33 bits per heavy atom. The maximum Gasteiger partial charge on any atom is 0.221 e.